The molecule has 5 nitrogen and oxygen atoms in total. The molecule has 1 amide bonds. The van der Waals surface area contributed by atoms with E-state index in [4.69, 9.17) is 4.74 Å². The average molecular weight is 316 g/mol. The molecule has 0 aliphatic rings. The minimum Gasteiger partial charge on any atom is -0.444 e. The Morgan fingerprint density at radius 2 is 1.81 bits per heavy atom. The van der Waals surface area contributed by atoms with Gasteiger partial charge in [0, 0.05) is 6.54 Å². The zero-order valence-corrected chi connectivity index (χ0v) is 14.9. The summed E-state index contributed by atoms with van der Waals surface area (Å²) < 4.78 is 19.8. The van der Waals surface area contributed by atoms with Crippen LogP contribution in [0.2, 0.25) is 0 Å². The fourth-order valence-corrected chi connectivity index (χ4v) is 2.06. The quantitative estimate of drug-likeness (QED) is 0.765. The van der Waals surface area contributed by atoms with Gasteiger partial charge in [0.2, 0.25) is 0 Å². The molecular formula is C15H28N2O3S. The highest BCUT2D eigenvalue weighted by Crippen LogP contribution is 2.10. The van der Waals surface area contributed by atoms with Crippen molar-refractivity contribution in [2.75, 3.05) is 6.54 Å². The van der Waals surface area contributed by atoms with Gasteiger partial charge in [0.1, 0.15) is 5.60 Å². The van der Waals surface area contributed by atoms with E-state index in [1.807, 2.05) is 41.5 Å². The molecule has 0 aromatic rings. The molecule has 0 heterocycles. The molecule has 0 aromatic heterocycles. The van der Waals surface area contributed by atoms with Crippen molar-refractivity contribution in [3.05, 3.63) is 0 Å². The van der Waals surface area contributed by atoms with Crippen LogP contribution in [0.25, 0.3) is 0 Å². The topological polar surface area (TPSA) is 67.4 Å². The summed E-state index contributed by atoms with van der Waals surface area (Å²) in [6.45, 7) is 13.3. The van der Waals surface area contributed by atoms with Crippen LogP contribution in [0.4, 0.5) is 4.79 Å². The molecule has 0 radical (unpaired) electrons. The number of carbonyl (C=O) groups is 1. The second-order valence-corrected chi connectivity index (χ2v) is 8.66. The van der Waals surface area contributed by atoms with Gasteiger partial charge >= 0.3 is 6.09 Å². The lowest BCUT2D eigenvalue weighted by Crippen LogP contribution is -2.41. The van der Waals surface area contributed by atoms with Gasteiger partial charge in [0.25, 0.3) is 0 Å². The molecule has 0 bridgehead atoms. The zero-order valence-electron chi connectivity index (χ0n) is 14.1. The van der Waals surface area contributed by atoms with Crippen LogP contribution in [0, 0.1) is 11.8 Å². The Labute approximate surface area is 131 Å². The Kier molecular flexibility index (Phi) is 7.98. The van der Waals surface area contributed by atoms with Crippen LogP contribution in [0.5, 0.6) is 0 Å². The van der Waals surface area contributed by atoms with E-state index in [9.17, 15) is 9.00 Å². The molecule has 0 aliphatic heterocycles. The number of carbonyl (C=O) groups excluding carboxylic acids is 1. The third-order valence-electron chi connectivity index (χ3n) is 2.23. The van der Waals surface area contributed by atoms with Gasteiger partial charge in [-0.2, -0.15) is 0 Å². The first kappa shape index (κ1) is 19.9. The van der Waals surface area contributed by atoms with Crippen LogP contribution >= 0.6 is 0 Å². The van der Waals surface area contributed by atoms with E-state index >= 15 is 0 Å². The molecule has 2 atom stereocenters. The second-order valence-electron chi connectivity index (χ2n) is 6.66. The Morgan fingerprint density at radius 1 is 1.24 bits per heavy atom. The largest absolute Gasteiger partial charge is 0.444 e. The molecule has 0 fully saturated rings. The van der Waals surface area contributed by atoms with Crippen molar-refractivity contribution in [1.82, 2.24) is 10.0 Å². The maximum atomic E-state index is 12.1. The van der Waals surface area contributed by atoms with Crippen LogP contribution in [0.3, 0.4) is 0 Å². The van der Waals surface area contributed by atoms with Gasteiger partial charge in [-0.3, -0.25) is 0 Å². The van der Waals surface area contributed by atoms with Crippen LogP contribution < -0.4 is 10.0 Å². The summed E-state index contributed by atoms with van der Waals surface area (Å²) in [6, 6.07) is -0.231. The normalized spacial score (nSPS) is 14.6. The van der Waals surface area contributed by atoms with Gasteiger partial charge in [-0.25, -0.2) is 13.7 Å². The van der Waals surface area contributed by atoms with Gasteiger partial charge in [0.05, 0.1) is 21.8 Å². The lowest BCUT2D eigenvalue weighted by molar-refractivity contribution is 0.0527. The molecular weight excluding hydrogens is 288 g/mol. The standard InChI is InChI=1S/C15H28N2O3S/c1-8-9-12(17-21(19)15(5,6)7)10-11-16-13(18)20-14(2,3)4/h12,17H,10-11H2,1-7H3,(H,16,18). The number of ether oxygens (including phenoxy) is 1. The Bertz CT molecular complexity index is 425. The molecule has 21 heavy (non-hydrogen) atoms. The third kappa shape index (κ3) is 10.3. The number of amides is 1. The Hall–Kier alpha value is -1.06. The van der Waals surface area contributed by atoms with Gasteiger partial charge in [0.15, 0.2) is 0 Å². The SMILES string of the molecule is CC#CC(CCNC(=O)OC(C)(C)C)NS(=O)C(C)(C)C. The number of nitrogens with one attached hydrogen (secondary N) is 2. The first-order valence-electron chi connectivity index (χ1n) is 7.03. The van der Waals surface area contributed by atoms with E-state index in [0.717, 1.165) is 0 Å². The van der Waals surface area contributed by atoms with Crippen LogP contribution in [-0.4, -0.2) is 33.2 Å². The molecule has 0 saturated heterocycles. The summed E-state index contributed by atoms with van der Waals surface area (Å²) in [4.78, 5) is 11.5. The van der Waals surface area contributed by atoms with E-state index in [2.05, 4.69) is 21.9 Å². The minimum absolute atomic E-state index is 0.231. The van der Waals surface area contributed by atoms with E-state index in [0.29, 0.717) is 13.0 Å². The van der Waals surface area contributed by atoms with Crippen LogP contribution in [-0.2, 0) is 15.7 Å². The number of hydrogen-bond acceptors (Lipinski definition) is 3. The molecule has 0 spiro atoms. The van der Waals surface area contributed by atoms with Gasteiger partial charge in [-0.05, 0) is 54.9 Å². The fourth-order valence-electron chi connectivity index (χ4n) is 1.27. The first-order valence-corrected chi connectivity index (χ1v) is 8.18. The van der Waals surface area contributed by atoms with Crippen molar-refractivity contribution >= 4 is 17.1 Å². The molecule has 2 N–H and O–H groups in total. The molecule has 6 heteroatoms. The first-order chi connectivity index (χ1) is 9.45. The Balaban J connectivity index is 4.32. The number of alkyl carbamates (subject to hydrolysis) is 1. The molecule has 0 rings (SSSR count). The predicted molar refractivity (Wildman–Crippen MR) is 87.1 cm³/mol. The summed E-state index contributed by atoms with van der Waals surface area (Å²) in [5.74, 6) is 5.77. The minimum atomic E-state index is -1.20. The fraction of sp³-hybridized carbons (Fsp3) is 0.800. The Morgan fingerprint density at radius 3 is 2.24 bits per heavy atom. The predicted octanol–water partition coefficient (Wildman–Crippen LogP) is 2.34. The summed E-state index contributed by atoms with van der Waals surface area (Å²) in [5.41, 5.74) is -0.515. The van der Waals surface area contributed by atoms with Gasteiger partial charge < -0.3 is 10.1 Å². The van der Waals surface area contributed by atoms with E-state index < -0.39 is 22.7 Å². The lowest BCUT2D eigenvalue weighted by Gasteiger charge is -2.22. The molecule has 0 aromatic carbocycles. The molecule has 2 unspecified atom stereocenters. The van der Waals surface area contributed by atoms with Crippen molar-refractivity contribution in [1.29, 1.82) is 0 Å². The van der Waals surface area contributed by atoms with E-state index in [1.165, 1.54) is 0 Å². The maximum Gasteiger partial charge on any atom is 0.407 e. The van der Waals surface area contributed by atoms with Crippen LogP contribution in [0.1, 0.15) is 54.9 Å². The van der Waals surface area contributed by atoms with E-state index in [1.54, 1.807) is 6.92 Å². The van der Waals surface area contributed by atoms with Crippen molar-refractivity contribution in [3.63, 3.8) is 0 Å². The van der Waals surface area contributed by atoms with E-state index in [-0.39, 0.29) is 10.8 Å². The monoisotopic (exact) mass is 316 g/mol. The van der Waals surface area contributed by atoms with Crippen molar-refractivity contribution in [2.45, 2.75) is 71.3 Å². The van der Waals surface area contributed by atoms with Gasteiger partial charge in [-0.1, -0.05) is 5.92 Å². The summed E-state index contributed by atoms with van der Waals surface area (Å²) in [5, 5.41) is 2.67. The third-order valence-corrected chi connectivity index (χ3v) is 3.84. The summed E-state index contributed by atoms with van der Waals surface area (Å²) >= 11 is 0. The highest BCUT2D eigenvalue weighted by Gasteiger charge is 2.22. The second kappa shape index (κ2) is 8.40. The lowest BCUT2D eigenvalue weighted by atomic mass is 10.2. The highest BCUT2D eigenvalue weighted by atomic mass is 32.2. The van der Waals surface area contributed by atoms with Crippen molar-refractivity contribution in [3.8, 4) is 11.8 Å². The number of rotatable bonds is 5. The number of hydrogen-bond donors (Lipinski definition) is 2. The molecule has 0 aliphatic carbocycles. The summed E-state index contributed by atoms with van der Waals surface area (Å²) in [7, 11) is -1.20. The van der Waals surface area contributed by atoms with Crippen molar-refractivity contribution < 1.29 is 13.7 Å². The van der Waals surface area contributed by atoms with Gasteiger partial charge in [-0.15, -0.1) is 5.92 Å². The smallest absolute Gasteiger partial charge is 0.407 e. The average Bonchev–Trinajstić information content (AvgIpc) is 2.25. The molecule has 122 valence electrons. The highest BCUT2D eigenvalue weighted by molar-refractivity contribution is 7.84. The molecule has 0 saturated carbocycles. The van der Waals surface area contributed by atoms with Crippen LogP contribution in [0.15, 0.2) is 0 Å². The van der Waals surface area contributed by atoms with Crippen molar-refractivity contribution in [2.24, 2.45) is 0 Å². The maximum absolute atomic E-state index is 12.1. The summed E-state index contributed by atoms with van der Waals surface area (Å²) in [6.07, 6.45) is 0.102. The zero-order chi connectivity index (χ0) is 16.7.